The van der Waals surface area contributed by atoms with Gasteiger partial charge in [0.1, 0.15) is 25.1 Å². The number of benzene rings is 2. The fraction of sp³-hybridized carbons (Fsp3) is 0.211. The van der Waals surface area contributed by atoms with Crippen LogP contribution in [0.1, 0.15) is 0 Å². The molecule has 5 N–H and O–H groups in total. The molecule has 6 nitrogen and oxygen atoms in total. The highest BCUT2D eigenvalue weighted by molar-refractivity contribution is 5.85. The maximum Gasteiger partial charge on any atom is 0.143 e. The first-order valence-electron chi connectivity index (χ1n) is 8.21. The molecule has 1 aromatic heterocycles. The number of pyridine rings is 1. The van der Waals surface area contributed by atoms with Crippen molar-refractivity contribution in [1.29, 1.82) is 0 Å². The number of nitrogens with zero attached hydrogens (tertiary/aromatic N) is 1. The molecule has 3 rings (SSSR count). The van der Waals surface area contributed by atoms with Crippen molar-refractivity contribution in [2.45, 2.75) is 6.10 Å². The van der Waals surface area contributed by atoms with Crippen LogP contribution in [0.25, 0.3) is 22.2 Å². The minimum Gasteiger partial charge on any atom is -0.489 e. The fourth-order valence-corrected chi connectivity index (χ4v) is 2.61. The van der Waals surface area contributed by atoms with Crippen molar-refractivity contribution in [3.8, 4) is 17.0 Å². The van der Waals surface area contributed by atoms with Crippen LogP contribution in [0.3, 0.4) is 0 Å². The van der Waals surface area contributed by atoms with Gasteiger partial charge in [0.25, 0.3) is 0 Å². The summed E-state index contributed by atoms with van der Waals surface area (Å²) in [5, 5.41) is 13.4. The number of nitrogen functional groups attached to an aromatic ring is 1. The molecule has 0 spiro atoms. The molecule has 1 atom stereocenters. The molecule has 0 bridgehead atoms. The summed E-state index contributed by atoms with van der Waals surface area (Å²) < 4.78 is 18.0. The molecule has 0 saturated heterocycles. The smallest absolute Gasteiger partial charge is 0.143 e. The Hall–Kier alpha value is -2.90. The highest BCUT2D eigenvalue weighted by Crippen LogP contribution is 2.31. The Morgan fingerprint density at radius 1 is 1.19 bits per heavy atom. The van der Waals surface area contributed by atoms with E-state index in [0.717, 1.165) is 33.5 Å². The molecule has 136 valence electrons. The van der Waals surface area contributed by atoms with E-state index in [1.54, 1.807) is 7.05 Å². The second-order valence-corrected chi connectivity index (χ2v) is 5.83. The molecule has 0 radical (unpaired) electrons. The van der Waals surface area contributed by atoms with Gasteiger partial charge < -0.3 is 20.6 Å². The molecule has 0 aliphatic heterocycles. The molecule has 26 heavy (non-hydrogen) atoms. The summed E-state index contributed by atoms with van der Waals surface area (Å²) in [5.74, 6) is 5.96. The van der Waals surface area contributed by atoms with Gasteiger partial charge in [-0.05, 0) is 36.4 Å². The molecule has 0 fully saturated rings. The van der Waals surface area contributed by atoms with Gasteiger partial charge in [-0.2, -0.15) is 0 Å². The van der Waals surface area contributed by atoms with Crippen LogP contribution in [0.4, 0.5) is 15.8 Å². The Kier molecular flexibility index (Phi) is 5.50. The topological polar surface area (TPSA) is 92.4 Å². The number of fused-ring (bicyclic) bond motifs is 1. The molecule has 7 heteroatoms. The van der Waals surface area contributed by atoms with Crippen LogP contribution >= 0.6 is 0 Å². The number of aliphatic hydroxyl groups excluding tert-OH is 1. The molecule has 1 heterocycles. The van der Waals surface area contributed by atoms with Gasteiger partial charge in [-0.1, -0.05) is 12.1 Å². The van der Waals surface area contributed by atoms with Crippen molar-refractivity contribution >= 4 is 22.3 Å². The molecule has 0 aliphatic rings. The Bertz CT molecular complexity index is 904. The molecule has 0 aliphatic carbocycles. The zero-order chi connectivity index (χ0) is 18.5. The molecule has 3 aromatic rings. The van der Waals surface area contributed by atoms with Crippen LogP contribution in [0.5, 0.6) is 5.75 Å². The van der Waals surface area contributed by atoms with Crippen LogP contribution in [-0.2, 0) is 0 Å². The van der Waals surface area contributed by atoms with Gasteiger partial charge in [0.05, 0.1) is 16.9 Å². The second kappa shape index (κ2) is 7.99. The third-order valence-corrected chi connectivity index (χ3v) is 4.01. The number of anilines is 2. The van der Waals surface area contributed by atoms with E-state index >= 15 is 0 Å². The Morgan fingerprint density at radius 3 is 2.77 bits per heavy atom. The van der Waals surface area contributed by atoms with Crippen molar-refractivity contribution in [2.24, 2.45) is 5.84 Å². The lowest BCUT2D eigenvalue weighted by molar-refractivity contribution is 0.0845. The zero-order valence-corrected chi connectivity index (χ0v) is 14.4. The van der Waals surface area contributed by atoms with Crippen LogP contribution in [0.2, 0.25) is 0 Å². The minimum absolute atomic E-state index is 0.116. The number of hydrogen-bond donors (Lipinski definition) is 4. The van der Waals surface area contributed by atoms with Crippen LogP contribution < -0.4 is 21.3 Å². The second-order valence-electron chi connectivity index (χ2n) is 5.83. The monoisotopic (exact) mass is 356 g/mol. The number of ether oxygens (including phenoxy) is 1. The molecule has 1 unspecified atom stereocenters. The molecule has 0 saturated carbocycles. The standard InChI is InChI=1S/C19H21FN4O2/c1-22-18-6-3-13(9-19(18)26-11-15(25)10-20)16-5-2-12-8-14(24-21)4-7-17(12)23-16/h2-9,15,22,24-25H,10-11,21H2,1H3. The highest BCUT2D eigenvalue weighted by atomic mass is 19.1. The quantitative estimate of drug-likeness (QED) is 0.384. The molecular weight excluding hydrogens is 335 g/mol. The maximum absolute atomic E-state index is 12.5. The van der Waals surface area contributed by atoms with E-state index in [1.807, 2.05) is 48.5 Å². The van der Waals surface area contributed by atoms with Crippen LogP contribution in [0, 0.1) is 0 Å². The van der Waals surface area contributed by atoms with Crippen molar-refractivity contribution in [3.63, 3.8) is 0 Å². The lowest BCUT2D eigenvalue weighted by atomic mass is 10.1. The number of nitrogens with two attached hydrogens (primary N) is 1. The lowest BCUT2D eigenvalue weighted by Gasteiger charge is -2.14. The summed E-state index contributed by atoms with van der Waals surface area (Å²) >= 11 is 0. The average Bonchev–Trinajstić information content (AvgIpc) is 2.70. The Morgan fingerprint density at radius 2 is 2.04 bits per heavy atom. The zero-order valence-electron chi connectivity index (χ0n) is 14.4. The van der Waals surface area contributed by atoms with Crippen molar-refractivity contribution in [2.75, 3.05) is 31.1 Å². The number of aromatic nitrogens is 1. The summed E-state index contributed by atoms with van der Waals surface area (Å²) in [5.41, 5.74) is 6.66. The van der Waals surface area contributed by atoms with E-state index < -0.39 is 12.8 Å². The Labute approximate surface area is 150 Å². The number of hydrogen-bond acceptors (Lipinski definition) is 6. The largest absolute Gasteiger partial charge is 0.489 e. The summed E-state index contributed by atoms with van der Waals surface area (Å²) in [4.78, 5) is 4.67. The minimum atomic E-state index is -1.15. The predicted octanol–water partition coefficient (Wildman–Crippen LogP) is 2.94. The third kappa shape index (κ3) is 3.84. The first-order valence-corrected chi connectivity index (χ1v) is 8.21. The van der Waals surface area contributed by atoms with E-state index in [0.29, 0.717) is 5.75 Å². The summed E-state index contributed by atoms with van der Waals surface area (Å²) in [6.07, 6.45) is -1.15. The normalized spacial score (nSPS) is 12.0. The van der Waals surface area contributed by atoms with E-state index in [1.165, 1.54) is 0 Å². The van der Waals surface area contributed by atoms with Crippen LogP contribution in [-0.4, -0.2) is 36.5 Å². The lowest BCUT2D eigenvalue weighted by Crippen LogP contribution is -2.19. The van der Waals surface area contributed by atoms with E-state index in [4.69, 9.17) is 10.6 Å². The summed E-state index contributed by atoms with van der Waals surface area (Å²) in [6.45, 7) is -0.963. The van der Waals surface area contributed by atoms with Crippen molar-refractivity contribution in [3.05, 3.63) is 48.5 Å². The third-order valence-electron chi connectivity index (χ3n) is 4.01. The molecule has 2 aromatic carbocycles. The fourth-order valence-electron chi connectivity index (χ4n) is 2.61. The van der Waals surface area contributed by atoms with Crippen molar-refractivity contribution in [1.82, 2.24) is 4.98 Å². The van der Waals surface area contributed by atoms with Gasteiger partial charge in [0.2, 0.25) is 0 Å². The maximum atomic E-state index is 12.5. The van der Waals surface area contributed by atoms with Crippen molar-refractivity contribution < 1.29 is 14.2 Å². The summed E-state index contributed by atoms with van der Waals surface area (Å²) in [6, 6.07) is 15.2. The highest BCUT2D eigenvalue weighted by Gasteiger charge is 2.10. The number of hydrazine groups is 1. The number of nitrogens with one attached hydrogen (secondary N) is 2. The van der Waals surface area contributed by atoms with Gasteiger partial charge in [0, 0.05) is 23.7 Å². The number of halogens is 1. The first kappa shape index (κ1) is 17.9. The number of aliphatic hydroxyl groups is 1. The Balaban J connectivity index is 1.94. The molecular formula is C19H21FN4O2. The molecule has 0 amide bonds. The van der Waals surface area contributed by atoms with Gasteiger partial charge in [-0.15, -0.1) is 0 Å². The average molecular weight is 356 g/mol. The van der Waals surface area contributed by atoms with E-state index in [-0.39, 0.29) is 6.61 Å². The van der Waals surface area contributed by atoms with Gasteiger partial charge in [0.15, 0.2) is 0 Å². The predicted molar refractivity (Wildman–Crippen MR) is 102 cm³/mol. The number of alkyl halides is 1. The first-order chi connectivity index (χ1) is 12.6. The van der Waals surface area contributed by atoms with E-state index in [9.17, 15) is 9.50 Å². The van der Waals surface area contributed by atoms with Gasteiger partial charge >= 0.3 is 0 Å². The number of rotatable bonds is 7. The van der Waals surface area contributed by atoms with Gasteiger partial charge in [-0.3, -0.25) is 5.84 Å². The van der Waals surface area contributed by atoms with Crippen LogP contribution in [0.15, 0.2) is 48.5 Å². The summed E-state index contributed by atoms with van der Waals surface area (Å²) in [7, 11) is 1.77. The van der Waals surface area contributed by atoms with Gasteiger partial charge in [-0.25, -0.2) is 9.37 Å². The SMILES string of the molecule is CNc1ccc(-c2ccc3cc(NN)ccc3n2)cc1OCC(O)CF. The van der Waals surface area contributed by atoms with E-state index in [2.05, 4.69) is 15.7 Å².